The van der Waals surface area contributed by atoms with Gasteiger partial charge in [0.05, 0.1) is 0 Å². The molecule has 0 spiro atoms. The standard InChI is InChI=1S/C16H19NO/c1-12(14-9-10-15(11-14)17(2)3)16(18)13-7-5-4-6-8-13/h4-12,14H,1-3H3. The van der Waals surface area contributed by atoms with Crippen LogP contribution in [0.15, 0.2) is 54.3 Å². The number of rotatable bonds is 4. The summed E-state index contributed by atoms with van der Waals surface area (Å²) in [5.74, 6) is 0.401. The molecule has 2 rings (SSSR count). The van der Waals surface area contributed by atoms with E-state index in [1.165, 1.54) is 5.70 Å². The van der Waals surface area contributed by atoms with E-state index in [1.807, 2.05) is 51.4 Å². The van der Waals surface area contributed by atoms with Crippen molar-refractivity contribution in [2.45, 2.75) is 6.92 Å². The van der Waals surface area contributed by atoms with Crippen LogP contribution in [0, 0.1) is 11.8 Å². The Morgan fingerprint density at radius 3 is 2.44 bits per heavy atom. The fourth-order valence-corrected chi connectivity index (χ4v) is 2.17. The second-order valence-electron chi connectivity index (χ2n) is 4.94. The van der Waals surface area contributed by atoms with Crippen LogP contribution in [0.1, 0.15) is 17.3 Å². The number of allylic oxidation sites excluding steroid dienone is 3. The molecule has 2 atom stereocenters. The molecule has 0 heterocycles. The van der Waals surface area contributed by atoms with Crippen molar-refractivity contribution in [3.05, 3.63) is 59.8 Å². The van der Waals surface area contributed by atoms with Crippen molar-refractivity contribution in [1.82, 2.24) is 4.90 Å². The highest BCUT2D eigenvalue weighted by Gasteiger charge is 2.24. The minimum absolute atomic E-state index is 0.0129. The molecular weight excluding hydrogens is 222 g/mol. The van der Waals surface area contributed by atoms with Crippen LogP contribution < -0.4 is 0 Å². The number of hydrogen-bond acceptors (Lipinski definition) is 2. The number of carbonyl (C=O) groups is 1. The summed E-state index contributed by atoms with van der Waals surface area (Å²) in [6, 6.07) is 9.51. The molecule has 94 valence electrons. The summed E-state index contributed by atoms with van der Waals surface area (Å²) in [5.41, 5.74) is 1.97. The zero-order valence-corrected chi connectivity index (χ0v) is 11.1. The molecular formula is C16H19NO. The quantitative estimate of drug-likeness (QED) is 0.755. The summed E-state index contributed by atoms with van der Waals surface area (Å²) in [7, 11) is 4.03. The molecule has 18 heavy (non-hydrogen) atoms. The van der Waals surface area contributed by atoms with Gasteiger partial charge in [-0.2, -0.15) is 0 Å². The zero-order valence-electron chi connectivity index (χ0n) is 11.1. The van der Waals surface area contributed by atoms with Crippen LogP contribution >= 0.6 is 0 Å². The average molecular weight is 241 g/mol. The van der Waals surface area contributed by atoms with Crippen molar-refractivity contribution in [3.8, 4) is 0 Å². The van der Waals surface area contributed by atoms with E-state index in [0.29, 0.717) is 0 Å². The summed E-state index contributed by atoms with van der Waals surface area (Å²) in [6.07, 6.45) is 6.35. The molecule has 0 aliphatic heterocycles. The maximum Gasteiger partial charge on any atom is 0.166 e. The maximum absolute atomic E-state index is 12.3. The molecule has 0 aromatic heterocycles. The Balaban J connectivity index is 2.12. The number of carbonyl (C=O) groups excluding carboxylic acids is 1. The van der Waals surface area contributed by atoms with Crippen LogP contribution in [0.25, 0.3) is 0 Å². The van der Waals surface area contributed by atoms with Gasteiger partial charge < -0.3 is 4.90 Å². The van der Waals surface area contributed by atoms with Crippen molar-refractivity contribution < 1.29 is 4.79 Å². The third-order valence-corrected chi connectivity index (χ3v) is 3.42. The smallest absolute Gasteiger partial charge is 0.166 e. The molecule has 0 saturated heterocycles. The van der Waals surface area contributed by atoms with Crippen LogP contribution in [0.4, 0.5) is 0 Å². The van der Waals surface area contributed by atoms with Gasteiger partial charge in [-0.05, 0) is 6.08 Å². The van der Waals surface area contributed by atoms with Crippen LogP contribution in [0.5, 0.6) is 0 Å². The Morgan fingerprint density at radius 2 is 1.89 bits per heavy atom. The van der Waals surface area contributed by atoms with Gasteiger partial charge in [0, 0.05) is 37.2 Å². The van der Waals surface area contributed by atoms with Crippen LogP contribution in [-0.2, 0) is 0 Å². The molecule has 0 bridgehead atoms. The predicted octanol–water partition coefficient (Wildman–Crippen LogP) is 3.14. The molecule has 0 amide bonds. The first kappa shape index (κ1) is 12.6. The number of hydrogen-bond donors (Lipinski definition) is 0. The number of benzene rings is 1. The Hall–Kier alpha value is -1.83. The normalized spacial score (nSPS) is 19.5. The van der Waals surface area contributed by atoms with Gasteiger partial charge in [-0.15, -0.1) is 0 Å². The minimum Gasteiger partial charge on any atom is -0.378 e. The first-order valence-corrected chi connectivity index (χ1v) is 6.26. The first-order chi connectivity index (χ1) is 8.59. The van der Waals surface area contributed by atoms with Gasteiger partial charge in [0.15, 0.2) is 5.78 Å². The molecule has 0 saturated carbocycles. The molecule has 1 aromatic rings. The lowest BCUT2D eigenvalue weighted by Crippen LogP contribution is -2.18. The molecule has 1 aliphatic rings. The van der Waals surface area contributed by atoms with Gasteiger partial charge in [0.1, 0.15) is 0 Å². The van der Waals surface area contributed by atoms with E-state index in [1.54, 1.807) is 0 Å². The van der Waals surface area contributed by atoms with Gasteiger partial charge in [-0.1, -0.05) is 49.4 Å². The molecule has 2 heteroatoms. The molecule has 1 aromatic carbocycles. The molecule has 0 N–H and O–H groups in total. The minimum atomic E-state index is -0.0129. The lowest BCUT2D eigenvalue weighted by Gasteiger charge is -2.16. The highest BCUT2D eigenvalue weighted by molar-refractivity contribution is 5.98. The van der Waals surface area contributed by atoms with Gasteiger partial charge in [0.25, 0.3) is 0 Å². The molecule has 2 unspecified atom stereocenters. The second kappa shape index (κ2) is 5.21. The number of nitrogens with zero attached hydrogens (tertiary/aromatic N) is 1. The summed E-state index contributed by atoms with van der Waals surface area (Å²) in [6.45, 7) is 2.00. The third-order valence-electron chi connectivity index (χ3n) is 3.42. The van der Waals surface area contributed by atoms with E-state index in [0.717, 1.165) is 5.56 Å². The number of ketones is 1. The Labute approximate surface area is 109 Å². The van der Waals surface area contributed by atoms with Crippen LogP contribution in [-0.4, -0.2) is 24.8 Å². The number of Topliss-reactive ketones (excluding diaryl/α,β-unsaturated/α-hetero) is 1. The van der Waals surface area contributed by atoms with E-state index in [2.05, 4.69) is 23.1 Å². The molecule has 0 radical (unpaired) electrons. The fraction of sp³-hybridized carbons (Fsp3) is 0.312. The second-order valence-corrected chi connectivity index (χ2v) is 4.94. The van der Waals surface area contributed by atoms with Crippen molar-refractivity contribution in [2.24, 2.45) is 11.8 Å². The highest BCUT2D eigenvalue weighted by Crippen LogP contribution is 2.26. The lowest BCUT2D eigenvalue weighted by atomic mass is 9.88. The molecule has 0 fully saturated rings. The van der Waals surface area contributed by atoms with E-state index < -0.39 is 0 Å². The summed E-state index contributed by atoms with van der Waals surface area (Å²) in [4.78, 5) is 14.4. The van der Waals surface area contributed by atoms with Crippen molar-refractivity contribution in [3.63, 3.8) is 0 Å². The fourth-order valence-electron chi connectivity index (χ4n) is 2.17. The van der Waals surface area contributed by atoms with Crippen molar-refractivity contribution >= 4 is 5.78 Å². The lowest BCUT2D eigenvalue weighted by molar-refractivity contribution is 0.0915. The van der Waals surface area contributed by atoms with Crippen LogP contribution in [0.3, 0.4) is 0 Å². The monoisotopic (exact) mass is 241 g/mol. The van der Waals surface area contributed by atoms with Crippen molar-refractivity contribution in [1.29, 1.82) is 0 Å². The average Bonchev–Trinajstić information content (AvgIpc) is 2.88. The Morgan fingerprint density at radius 1 is 1.22 bits per heavy atom. The van der Waals surface area contributed by atoms with Gasteiger partial charge in [0.2, 0.25) is 0 Å². The van der Waals surface area contributed by atoms with Gasteiger partial charge >= 0.3 is 0 Å². The van der Waals surface area contributed by atoms with E-state index in [4.69, 9.17) is 0 Å². The van der Waals surface area contributed by atoms with E-state index in [-0.39, 0.29) is 17.6 Å². The van der Waals surface area contributed by atoms with Crippen LogP contribution in [0.2, 0.25) is 0 Å². The van der Waals surface area contributed by atoms with Crippen molar-refractivity contribution in [2.75, 3.05) is 14.1 Å². The summed E-state index contributed by atoms with van der Waals surface area (Å²) >= 11 is 0. The number of likely N-dealkylation sites (N-methyl/N-ethyl adjacent to an activating group) is 1. The topological polar surface area (TPSA) is 20.3 Å². The third kappa shape index (κ3) is 2.53. The van der Waals surface area contributed by atoms with Gasteiger partial charge in [-0.25, -0.2) is 0 Å². The maximum atomic E-state index is 12.3. The SMILES string of the molecule is CC(C(=O)c1ccccc1)C1C=CC(N(C)C)=C1. The highest BCUT2D eigenvalue weighted by atomic mass is 16.1. The summed E-state index contributed by atoms with van der Waals surface area (Å²) in [5, 5.41) is 0. The predicted molar refractivity (Wildman–Crippen MR) is 74.3 cm³/mol. The Kier molecular flexibility index (Phi) is 3.66. The Bertz CT molecular complexity index is 485. The zero-order chi connectivity index (χ0) is 13.1. The molecule has 2 nitrogen and oxygen atoms in total. The van der Waals surface area contributed by atoms with E-state index in [9.17, 15) is 4.79 Å². The summed E-state index contributed by atoms with van der Waals surface area (Å²) < 4.78 is 0. The van der Waals surface area contributed by atoms with Gasteiger partial charge in [-0.3, -0.25) is 4.79 Å². The van der Waals surface area contributed by atoms with E-state index >= 15 is 0 Å². The molecule has 1 aliphatic carbocycles. The largest absolute Gasteiger partial charge is 0.378 e. The first-order valence-electron chi connectivity index (χ1n) is 6.26.